The first kappa shape index (κ1) is 17.3. The van der Waals surface area contributed by atoms with Crippen LogP contribution in [0.2, 0.25) is 0 Å². The molecule has 0 radical (unpaired) electrons. The molecule has 138 valence electrons. The molecule has 3 aromatic rings. The molecule has 2 aromatic carbocycles. The lowest BCUT2D eigenvalue weighted by Crippen LogP contribution is -2.19. The fraction of sp³-hybridized carbons (Fsp3) is 0.238. The van der Waals surface area contributed by atoms with E-state index in [1.54, 1.807) is 23.9 Å². The van der Waals surface area contributed by atoms with Gasteiger partial charge in [-0.05, 0) is 48.7 Å². The van der Waals surface area contributed by atoms with E-state index in [1.807, 2.05) is 24.3 Å². The first-order valence-corrected chi connectivity index (χ1v) is 8.88. The van der Waals surface area contributed by atoms with E-state index in [0.29, 0.717) is 23.6 Å². The van der Waals surface area contributed by atoms with Crippen LogP contribution >= 0.6 is 0 Å². The number of anilines is 2. The maximum absolute atomic E-state index is 13.3. The standard InChI is InChI=1S/C21H20FN3O2/c1-13-11-17-20(18(26)12-13)21(23-16-5-3-4-6-19(16)27-2)24-25(17)15-9-7-14(22)8-10-15/h3-10,13H,11-12H2,1-2H3,(H,23,24)/t13-/m0/s1. The van der Waals surface area contributed by atoms with Crippen molar-refractivity contribution in [3.05, 3.63) is 65.6 Å². The lowest BCUT2D eigenvalue weighted by molar-refractivity contribution is 0.0953. The average Bonchev–Trinajstić information content (AvgIpc) is 3.01. The number of ketones is 1. The molecule has 1 aliphatic rings. The Bertz CT molecular complexity index is 995. The second kappa shape index (κ2) is 6.87. The summed E-state index contributed by atoms with van der Waals surface area (Å²) in [6.07, 6.45) is 1.22. The smallest absolute Gasteiger partial charge is 0.168 e. The number of Topliss-reactive ketones (excluding diaryl/α,β-unsaturated/α-hetero) is 1. The van der Waals surface area contributed by atoms with Crippen molar-refractivity contribution in [2.45, 2.75) is 19.8 Å². The molecule has 1 aliphatic carbocycles. The monoisotopic (exact) mass is 365 g/mol. The van der Waals surface area contributed by atoms with Crippen LogP contribution in [0.4, 0.5) is 15.9 Å². The van der Waals surface area contributed by atoms with E-state index in [0.717, 1.165) is 23.5 Å². The van der Waals surface area contributed by atoms with Crippen molar-refractivity contribution in [1.82, 2.24) is 9.78 Å². The number of hydrogen-bond donors (Lipinski definition) is 1. The van der Waals surface area contributed by atoms with Gasteiger partial charge >= 0.3 is 0 Å². The van der Waals surface area contributed by atoms with E-state index in [4.69, 9.17) is 4.74 Å². The largest absolute Gasteiger partial charge is 0.495 e. The third-order valence-electron chi connectivity index (χ3n) is 4.77. The van der Waals surface area contributed by atoms with Gasteiger partial charge in [-0.3, -0.25) is 4.79 Å². The fourth-order valence-electron chi connectivity index (χ4n) is 3.51. The molecule has 0 bridgehead atoms. The molecule has 1 heterocycles. The highest BCUT2D eigenvalue weighted by Crippen LogP contribution is 2.35. The van der Waals surface area contributed by atoms with Crippen LogP contribution in [0.3, 0.4) is 0 Å². The van der Waals surface area contributed by atoms with Gasteiger partial charge < -0.3 is 10.1 Å². The Morgan fingerprint density at radius 2 is 1.89 bits per heavy atom. The van der Waals surface area contributed by atoms with Crippen LogP contribution in [-0.2, 0) is 6.42 Å². The number of aromatic nitrogens is 2. The minimum absolute atomic E-state index is 0.0644. The van der Waals surface area contributed by atoms with Crippen LogP contribution in [0, 0.1) is 11.7 Å². The molecule has 0 aliphatic heterocycles. The number of hydrogen-bond acceptors (Lipinski definition) is 4. The quantitative estimate of drug-likeness (QED) is 0.738. The molecule has 1 N–H and O–H groups in total. The van der Waals surface area contributed by atoms with E-state index < -0.39 is 0 Å². The van der Waals surface area contributed by atoms with Crippen molar-refractivity contribution >= 4 is 17.3 Å². The highest BCUT2D eigenvalue weighted by atomic mass is 19.1. The Hall–Kier alpha value is -3.15. The molecule has 0 unspecified atom stereocenters. The summed E-state index contributed by atoms with van der Waals surface area (Å²) in [7, 11) is 1.60. The van der Waals surface area contributed by atoms with Crippen LogP contribution in [0.1, 0.15) is 29.4 Å². The first-order chi connectivity index (χ1) is 13.1. The highest BCUT2D eigenvalue weighted by molar-refractivity contribution is 6.03. The second-order valence-electron chi connectivity index (χ2n) is 6.82. The molecule has 0 saturated carbocycles. The zero-order chi connectivity index (χ0) is 19.0. The molecule has 27 heavy (non-hydrogen) atoms. The predicted octanol–water partition coefficient (Wildman–Crippen LogP) is 4.53. The molecule has 4 rings (SSSR count). The van der Waals surface area contributed by atoms with Crippen molar-refractivity contribution in [1.29, 1.82) is 0 Å². The van der Waals surface area contributed by atoms with Crippen molar-refractivity contribution in [2.24, 2.45) is 5.92 Å². The number of carbonyl (C=O) groups is 1. The second-order valence-corrected chi connectivity index (χ2v) is 6.82. The van der Waals surface area contributed by atoms with Crippen LogP contribution in [0.25, 0.3) is 5.69 Å². The third-order valence-corrected chi connectivity index (χ3v) is 4.77. The van der Waals surface area contributed by atoms with Gasteiger partial charge in [-0.1, -0.05) is 19.1 Å². The SMILES string of the molecule is COc1ccccc1Nc1nn(-c2ccc(F)cc2)c2c1C(=O)C[C@@H](C)C2. The van der Waals surface area contributed by atoms with Crippen LogP contribution < -0.4 is 10.1 Å². The van der Waals surface area contributed by atoms with Crippen LogP contribution in [-0.4, -0.2) is 22.7 Å². The Morgan fingerprint density at radius 1 is 1.15 bits per heavy atom. The molecule has 0 fully saturated rings. The topological polar surface area (TPSA) is 56.1 Å². The number of ether oxygens (including phenoxy) is 1. The molecular formula is C21H20FN3O2. The van der Waals surface area contributed by atoms with Crippen LogP contribution in [0.15, 0.2) is 48.5 Å². The lowest BCUT2D eigenvalue weighted by atomic mass is 9.87. The molecule has 0 spiro atoms. The van der Waals surface area contributed by atoms with Crippen LogP contribution in [0.5, 0.6) is 5.75 Å². The highest BCUT2D eigenvalue weighted by Gasteiger charge is 2.31. The van der Waals surface area contributed by atoms with E-state index >= 15 is 0 Å². The van der Waals surface area contributed by atoms with E-state index in [1.165, 1.54) is 12.1 Å². The van der Waals surface area contributed by atoms with Gasteiger partial charge in [-0.15, -0.1) is 5.10 Å². The molecule has 1 atom stereocenters. The maximum Gasteiger partial charge on any atom is 0.168 e. The normalized spacial score (nSPS) is 16.1. The fourth-order valence-corrected chi connectivity index (χ4v) is 3.51. The zero-order valence-corrected chi connectivity index (χ0v) is 15.2. The number of rotatable bonds is 4. The van der Waals surface area contributed by atoms with Gasteiger partial charge in [-0.25, -0.2) is 9.07 Å². The summed E-state index contributed by atoms with van der Waals surface area (Å²) >= 11 is 0. The van der Waals surface area contributed by atoms with E-state index in [2.05, 4.69) is 17.3 Å². The minimum atomic E-state index is -0.309. The molecule has 0 amide bonds. The average molecular weight is 365 g/mol. The van der Waals surface area contributed by atoms with Crippen molar-refractivity contribution < 1.29 is 13.9 Å². The van der Waals surface area contributed by atoms with E-state index in [-0.39, 0.29) is 17.5 Å². The lowest BCUT2D eigenvalue weighted by Gasteiger charge is -2.19. The van der Waals surface area contributed by atoms with Gasteiger partial charge in [0.15, 0.2) is 11.6 Å². The van der Waals surface area contributed by atoms with Gasteiger partial charge in [0.25, 0.3) is 0 Å². The summed E-state index contributed by atoms with van der Waals surface area (Å²) in [6, 6.07) is 13.6. The van der Waals surface area contributed by atoms with Gasteiger partial charge in [0.1, 0.15) is 11.6 Å². The number of nitrogens with one attached hydrogen (secondary N) is 1. The number of nitrogens with zero attached hydrogens (tertiary/aromatic N) is 2. The number of benzene rings is 2. The molecule has 6 heteroatoms. The molecular weight excluding hydrogens is 345 g/mol. The number of halogens is 1. The summed E-state index contributed by atoms with van der Waals surface area (Å²) in [5.41, 5.74) is 2.91. The van der Waals surface area contributed by atoms with Gasteiger partial charge in [-0.2, -0.15) is 0 Å². The number of methoxy groups -OCH3 is 1. The molecule has 5 nitrogen and oxygen atoms in total. The van der Waals surface area contributed by atoms with Gasteiger partial charge in [0.05, 0.1) is 29.7 Å². The first-order valence-electron chi connectivity index (χ1n) is 8.88. The summed E-state index contributed by atoms with van der Waals surface area (Å²) in [6.45, 7) is 2.05. The third kappa shape index (κ3) is 3.18. The summed E-state index contributed by atoms with van der Waals surface area (Å²) < 4.78 is 20.5. The summed E-state index contributed by atoms with van der Waals surface area (Å²) in [5.74, 6) is 1.15. The maximum atomic E-state index is 13.3. The van der Waals surface area contributed by atoms with Crippen molar-refractivity contribution in [3.8, 4) is 11.4 Å². The Morgan fingerprint density at radius 3 is 2.63 bits per heavy atom. The van der Waals surface area contributed by atoms with Gasteiger partial charge in [0.2, 0.25) is 0 Å². The predicted molar refractivity (Wildman–Crippen MR) is 102 cm³/mol. The van der Waals surface area contributed by atoms with E-state index in [9.17, 15) is 9.18 Å². The molecule has 0 saturated heterocycles. The zero-order valence-electron chi connectivity index (χ0n) is 15.2. The number of carbonyl (C=O) groups excluding carboxylic acids is 1. The summed E-state index contributed by atoms with van der Waals surface area (Å²) in [4.78, 5) is 12.8. The number of para-hydroxylation sites is 2. The number of fused-ring (bicyclic) bond motifs is 1. The Kier molecular flexibility index (Phi) is 4.39. The van der Waals surface area contributed by atoms with Gasteiger partial charge in [0, 0.05) is 6.42 Å². The Balaban J connectivity index is 1.84. The Labute approximate surface area is 156 Å². The van der Waals surface area contributed by atoms with Crippen molar-refractivity contribution in [3.63, 3.8) is 0 Å². The van der Waals surface area contributed by atoms with Crippen molar-refractivity contribution in [2.75, 3.05) is 12.4 Å². The minimum Gasteiger partial charge on any atom is -0.495 e. The summed E-state index contributed by atoms with van der Waals surface area (Å²) in [5, 5.41) is 7.90. The molecule has 1 aromatic heterocycles.